The van der Waals surface area contributed by atoms with Crippen LogP contribution in [0.2, 0.25) is 0 Å². The van der Waals surface area contributed by atoms with Crippen LogP contribution in [0.15, 0.2) is 53.9 Å². The summed E-state index contributed by atoms with van der Waals surface area (Å²) < 4.78 is 1.77. The second-order valence-electron chi connectivity index (χ2n) is 4.31. The molecule has 0 unspecified atom stereocenters. The SMILES string of the molecule is O=C(NN=Cc1ccccc1O)c1cc[n+](CCO)cc1. The van der Waals surface area contributed by atoms with Crippen LogP contribution in [0.1, 0.15) is 15.9 Å². The molecule has 0 bridgehead atoms. The number of aliphatic hydroxyl groups is 1. The Morgan fingerprint density at radius 3 is 2.62 bits per heavy atom. The van der Waals surface area contributed by atoms with Gasteiger partial charge in [0, 0.05) is 17.7 Å². The van der Waals surface area contributed by atoms with Crippen molar-refractivity contribution in [3.8, 4) is 5.75 Å². The van der Waals surface area contributed by atoms with Gasteiger partial charge in [0.15, 0.2) is 18.9 Å². The van der Waals surface area contributed by atoms with Gasteiger partial charge in [-0.15, -0.1) is 0 Å². The van der Waals surface area contributed by atoms with Gasteiger partial charge in [0.1, 0.15) is 12.4 Å². The highest BCUT2D eigenvalue weighted by Gasteiger charge is 2.07. The Morgan fingerprint density at radius 2 is 1.95 bits per heavy atom. The maximum absolute atomic E-state index is 11.8. The van der Waals surface area contributed by atoms with Crippen LogP contribution in [0.3, 0.4) is 0 Å². The Hall–Kier alpha value is -2.73. The molecule has 3 N–H and O–H groups in total. The first-order chi connectivity index (χ1) is 10.2. The van der Waals surface area contributed by atoms with E-state index in [4.69, 9.17) is 5.11 Å². The molecule has 0 atom stereocenters. The van der Waals surface area contributed by atoms with Gasteiger partial charge in [-0.2, -0.15) is 5.10 Å². The van der Waals surface area contributed by atoms with Gasteiger partial charge in [-0.1, -0.05) is 12.1 Å². The highest BCUT2D eigenvalue weighted by Crippen LogP contribution is 2.12. The Morgan fingerprint density at radius 1 is 1.24 bits per heavy atom. The Kier molecular flexibility index (Phi) is 5.00. The van der Waals surface area contributed by atoms with E-state index in [0.717, 1.165) is 0 Å². The fourth-order valence-electron chi connectivity index (χ4n) is 1.69. The van der Waals surface area contributed by atoms with Gasteiger partial charge in [-0.3, -0.25) is 4.79 Å². The highest BCUT2D eigenvalue weighted by atomic mass is 16.3. The highest BCUT2D eigenvalue weighted by molar-refractivity contribution is 5.94. The quantitative estimate of drug-likeness (QED) is 0.423. The fourth-order valence-corrected chi connectivity index (χ4v) is 1.69. The molecule has 21 heavy (non-hydrogen) atoms. The monoisotopic (exact) mass is 286 g/mol. The number of aromatic hydroxyl groups is 1. The number of hydrogen-bond acceptors (Lipinski definition) is 4. The summed E-state index contributed by atoms with van der Waals surface area (Å²) in [5.41, 5.74) is 3.36. The number of carbonyl (C=O) groups is 1. The fraction of sp³-hybridized carbons (Fsp3) is 0.133. The molecule has 108 valence electrons. The molecule has 0 saturated carbocycles. The number of carbonyl (C=O) groups excluding carboxylic acids is 1. The van der Waals surface area contributed by atoms with Crippen LogP contribution in [0, 0.1) is 0 Å². The second kappa shape index (κ2) is 7.16. The van der Waals surface area contributed by atoms with E-state index in [1.54, 1.807) is 53.4 Å². The number of aliphatic hydroxyl groups excluding tert-OH is 1. The number of benzene rings is 1. The third-order valence-corrected chi connectivity index (χ3v) is 2.82. The predicted molar refractivity (Wildman–Crippen MR) is 76.9 cm³/mol. The molecule has 0 radical (unpaired) electrons. The number of hydrogen-bond donors (Lipinski definition) is 3. The van der Waals surface area contributed by atoms with Gasteiger partial charge in [-0.25, -0.2) is 9.99 Å². The van der Waals surface area contributed by atoms with Crippen LogP contribution in [-0.4, -0.2) is 28.9 Å². The lowest BCUT2D eigenvalue weighted by Crippen LogP contribution is -2.35. The van der Waals surface area contributed by atoms with E-state index in [2.05, 4.69) is 10.5 Å². The number of pyridine rings is 1. The first-order valence-corrected chi connectivity index (χ1v) is 6.42. The third kappa shape index (κ3) is 4.12. The summed E-state index contributed by atoms with van der Waals surface area (Å²) in [6, 6.07) is 9.98. The molecule has 2 aromatic rings. The van der Waals surface area contributed by atoms with Gasteiger partial charge in [0.2, 0.25) is 0 Å². The minimum atomic E-state index is -0.349. The van der Waals surface area contributed by atoms with Gasteiger partial charge in [0.25, 0.3) is 5.91 Å². The Labute approximate surface area is 122 Å². The smallest absolute Gasteiger partial charge is 0.271 e. The van der Waals surface area contributed by atoms with E-state index in [-0.39, 0.29) is 18.3 Å². The molecule has 0 aliphatic rings. The molecule has 6 nitrogen and oxygen atoms in total. The lowest BCUT2D eigenvalue weighted by atomic mass is 10.2. The van der Waals surface area contributed by atoms with E-state index in [9.17, 15) is 9.90 Å². The number of hydrazone groups is 1. The molecular weight excluding hydrogens is 270 g/mol. The average molecular weight is 286 g/mol. The first kappa shape index (κ1) is 14.7. The summed E-state index contributed by atoms with van der Waals surface area (Å²) in [5.74, 6) is -0.252. The molecule has 0 spiro atoms. The van der Waals surface area contributed by atoms with Gasteiger partial charge >= 0.3 is 0 Å². The van der Waals surface area contributed by atoms with Crippen LogP contribution < -0.4 is 9.99 Å². The largest absolute Gasteiger partial charge is 0.507 e. The van der Waals surface area contributed by atoms with Gasteiger partial charge in [0.05, 0.1) is 11.8 Å². The lowest BCUT2D eigenvalue weighted by molar-refractivity contribution is -0.698. The van der Waals surface area contributed by atoms with Crippen molar-refractivity contribution in [1.29, 1.82) is 0 Å². The van der Waals surface area contributed by atoms with E-state index >= 15 is 0 Å². The molecule has 6 heteroatoms. The van der Waals surface area contributed by atoms with Gasteiger partial charge < -0.3 is 10.2 Å². The van der Waals surface area contributed by atoms with E-state index < -0.39 is 0 Å². The zero-order chi connectivity index (χ0) is 15.1. The summed E-state index contributed by atoms with van der Waals surface area (Å²) >= 11 is 0. The van der Waals surface area contributed by atoms with Crippen LogP contribution in [0.25, 0.3) is 0 Å². The van der Waals surface area contributed by atoms with Gasteiger partial charge in [-0.05, 0) is 12.1 Å². The Bertz CT molecular complexity index is 639. The summed E-state index contributed by atoms with van der Waals surface area (Å²) in [6.07, 6.45) is 4.79. The second-order valence-corrected chi connectivity index (χ2v) is 4.31. The normalized spacial score (nSPS) is 10.7. The molecule has 1 aromatic carbocycles. The van der Waals surface area contributed by atoms with Crippen molar-refractivity contribution in [2.45, 2.75) is 6.54 Å². The zero-order valence-electron chi connectivity index (χ0n) is 11.3. The summed E-state index contributed by atoms with van der Waals surface area (Å²) in [6.45, 7) is 0.522. The van der Waals surface area contributed by atoms with Crippen LogP contribution in [0.5, 0.6) is 5.75 Å². The number of para-hydroxylation sites is 1. The standard InChI is InChI=1S/C15H15N3O3/c19-10-9-18-7-5-12(6-8-18)15(21)17-16-11-13-3-1-2-4-14(13)20/h1-8,11,19,21H,9-10H2/p+1. The summed E-state index contributed by atoms with van der Waals surface area (Å²) in [4.78, 5) is 11.8. The predicted octanol–water partition coefficient (Wildman–Crippen LogP) is 0.436. The van der Waals surface area contributed by atoms with Crippen molar-refractivity contribution in [1.82, 2.24) is 5.43 Å². The molecular formula is C15H16N3O3+. The van der Waals surface area contributed by atoms with Crippen LogP contribution >= 0.6 is 0 Å². The molecule has 0 fully saturated rings. The minimum absolute atomic E-state index is 0.0427. The van der Waals surface area contributed by atoms with Crippen LogP contribution in [-0.2, 0) is 6.54 Å². The van der Waals surface area contributed by atoms with Crippen molar-refractivity contribution in [2.24, 2.45) is 5.10 Å². The van der Waals surface area contributed by atoms with E-state index in [1.807, 2.05) is 0 Å². The molecule has 1 amide bonds. The molecule has 0 aliphatic heterocycles. The molecule has 0 aliphatic carbocycles. The number of phenols is 1. The van der Waals surface area contributed by atoms with Crippen molar-refractivity contribution < 1.29 is 19.6 Å². The average Bonchev–Trinajstić information content (AvgIpc) is 2.50. The number of rotatable bonds is 5. The summed E-state index contributed by atoms with van der Waals surface area (Å²) in [7, 11) is 0. The number of nitrogens with zero attached hydrogens (tertiary/aromatic N) is 2. The van der Waals surface area contributed by atoms with Crippen molar-refractivity contribution in [2.75, 3.05) is 6.61 Å². The van der Waals surface area contributed by atoms with Crippen molar-refractivity contribution in [3.63, 3.8) is 0 Å². The molecule has 0 saturated heterocycles. The third-order valence-electron chi connectivity index (χ3n) is 2.82. The number of aromatic nitrogens is 1. The topological polar surface area (TPSA) is 85.8 Å². The van der Waals surface area contributed by atoms with Crippen molar-refractivity contribution in [3.05, 3.63) is 59.9 Å². The number of phenolic OH excluding ortho intramolecular Hbond substituents is 1. The Balaban J connectivity index is 1.97. The first-order valence-electron chi connectivity index (χ1n) is 6.42. The van der Waals surface area contributed by atoms with E-state index in [1.165, 1.54) is 6.21 Å². The number of amides is 1. The summed E-state index contributed by atoms with van der Waals surface area (Å²) in [5, 5.41) is 22.2. The molecule has 1 aromatic heterocycles. The maximum Gasteiger partial charge on any atom is 0.271 e. The van der Waals surface area contributed by atoms with E-state index in [0.29, 0.717) is 17.7 Å². The molecule has 2 rings (SSSR count). The lowest BCUT2D eigenvalue weighted by Gasteiger charge is -2.00. The number of nitrogens with one attached hydrogen (secondary N) is 1. The molecule has 1 heterocycles. The zero-order valence-corrected chi connectivity index (χ0v) is 11.3. The van der Waals surface area contributed by atoms with Crippen molar-refractivity contribution >= 4 is 12.1 Å². The maximum atomic E-state index is 11.8. The van der Waals surface area contributed by atoms with Crippen LogP contribution in [0.4, 0.5) is 0 Å². The minimum Gasteiger partial charge on any atom is -0.507 e.